The molecule has 2 saturated heterocycles. The Bertz CT molecular complexity index is 311. The molecular formula is C12H21N3O2. The second-order valence-corrected chi connectivity index (χ2v) is 5.11. The lowest BCUT2D eigenvalue weighted by Crippen LogP contribution is -2.43. The first-order valence-corrected chi connectivity index (χ1v) is 6.38. The molecule has 5 heteroatoms. The molecule has 0 aromatic rings. The van der Waals surface area contributed by atoms with Crippen molar-refractivity contribution in [1.82, 2.24) is 9.80 Å². The Labute approximate surface area is 102 Å². The van der Waals surface area contributed by atoms with Crippen molar-refractivity contribution in [3.8, 4) is 0 Å². The van der Waals surface area contributed by atoms with Crippen molar-refractivity contribution in [3.05, 3.63) is 0 Å². The van der Waals surface area contributed by atoms with Crippen molar-refractivity contribution < 1.29 is 9.59 Å². The molecule has 0 aromatic carbocycles. The van der Waals surface area contributed by atoms with Gasteiger partial charge in [-0.05, 0) is 19.3 Å². The van der Waals surface area contributed by atoms with E-state index in [0.717, 1.165) is 25.8 Å². The van der Waals surface area contributed by atoms with Gasteiger partial charge in [0.1, 0.15) is 0 Å². The minimum atomic E-state index is 0.0934. The van der Waals surface area contributed by atoms with Crippen LogP contribution in [-0.2, 0) is 9.59 Å². The number of nitrogens with two attached hydrogens (primary N) is 1. The third-order valence-electron chi connectivity index (χ3n) is 3.83. The molecule has 0 spiro atoms. The van der Waals surface area contributed by atoms with Crippen molar-refractivity contribution in [2.24, 2.45) is 11.7 Å². The van der Waals surface area contributed by atoms with Crippen LogP contribution in [0.3, 0.4) is 0 Å². The molecule has 2 amide bonds. The van der Waals surface area contributed by atoms with Gasteiger partial charge in [-0.15, -0.1) is 0 Å². The first-order chi connectivity index (χ1) is 8.08. The van der Waals surface area contributed by atoms with Crippen molar-refractivity contribution in [1.29, 1.82) is 0 Å². The van der Waals surface area contributed by atoms with E-state index in [1.807, 2.05) is 9.80 Å². The summed E-state index contributed by atoms with van der Waals surface area (Å²) in [7, 11) is 0. The van der Waals surface area contributed by atoms with E-state index in [1.165, 1.54) is 0 Å². The monoisotopic (exact) mass is 239 g/mol. The maximum absolute atomic E-state index is 12.2. The average Bonchev–Trinajstić information content (AvgIpc) is 2.75. The quantitative estimate of drug-likeness (QED) is 0.689. The van der Waals surface area contributed by atoms with Crippen LogP contribution in [-0.4, -0.2) is 53.8 Å². The fourth-order valence-corrected chi connectivity index (χ4v) is 2.69. The average molecular weight is 239 g/mol. The molecule has 2 heterocycles. The summed E-state index contributed by atoms with van der Waals surface area (Å²) in [6.07, 6.45) is 2.51. The molecule has 2 aliphatic heterocycles. The Morgan fingerprint density at radius 3 is 2.12 bits per heavy atom. The van der Waals surface area contributed by atoms with Crippen LogP contribution < -0.4 is 5.73 Å². The Morgan fingerprint density at radius 2 is 1.65 bits per heavy atom. The third kappa shape index (κ3) is 2.77. The Kier molecular flexibility index (Phi) is 3.66. The van der Waals surface area contributed by atoms with Crippen LogP contribution in [0.2, 0.25) is 0 Å². The molecular weight excluding hydrogens is 218 g/mol. The standard InChI is InChI=1S/C12H21N3O2/c1-9(16)14-5-2-10(3-6-14)12(17)15-7-4-11(13)8-15/h10-11H,2-8,13H2,1H3. The largest absolute Gasteiger partial charge is 0.343 e. The van der Waals surface area contributed by atoms with Gasteiger partial charge in [-0.3, -0.25) is 9.59 Å². The summed E-state index contributed by atoms with van der Waals surface area (Å²) in [4.78, 5) is 27.1. The van der Waals surface area contributed by atoms with E-state index in [2.05, 4.69) is 0 Å². The zero-order chi connectivity index (χ0) is 12.4. The van der Waals surface area contributed by atoms with E-state index in [9.17, 15) is 9.59 Å². The molecule has 0 bridgehead atoms. The summed E-state index contributed by atoms with van der Waals surface area (Å²) >= 11 is 0. The summed E-state index contributed by atoms with van der Waals surface area (Å²) in [6, 6.07) is 0.149. The molecule has 1 unspecified atom stereocenters. The van der Waals surface area contributed by atoms with Gasteiger partial charge in [0, 0.05) is 45.1 Å². The van der Waals surface area contributed by atoms with Gasteiger partial charge in [0.15, 0.2) is 0 Å². The number of hydrogen-bond donors (Lipinski definition) is 1. The van der Waals surface area contributed by atoms with Crippen LogP contribution >= 0.6 is 0 Å². The summed E-state index contributed by atoms with van der Waals surface area (Å²) in [6.45, 7) is 4.51. The highest BCUT2D eigenvalue weighted by Crippen LogP contribution is 2.21. The summed E-state index contributed by atoms with van der Waals surface area (Å²) in [5, 5.41) is 0. The van der Waals surface area contributed by atoms with Crippen LogP contribution in [0, 0.1) is 5.92 Å². The fraction of sp³-hybridized carbons (Fsp3) is 0.833. The molecule has 0 saturated carbocycles. The van der Waals surface area contributed by atoms with E-state index in [0.29, 0.717) is 19.6 Å². The van der Waals surface area contributed by atoms with Crippen LogP contribution in [0.15, 0.2) is 0 Å². The topological polar surface area (TPSA) is 66.6 Å². The van der Waals surface area contributed by atoms with Crippen LogP contribution in [0.1, 0.15) is 26.2 Å². The van der Waals surface area contributed by atoms with Crippen LogP contribution in [0.25, 0.3) is 0 Å². The Balaban J connectivity index is 1.84. The van der Waals surface area contributed by atoms with Gasteiger partial charge in [-0.1, -0.05) is 0 Å². The highest BCUT2D eigenvalue weighted by atomic mass is 16.2. The Hall–Kier alpha value is -1.10. The summed E-state index contributed by atoms with van der Waals surface area (Å²) < 4.78 is 0. The summed E-state index contributed by atoms with van der Waals surface area (Å²) in [5.74, 6) is 0.441. The normalized spacial score (nSPS) is 26.4. The molecule has 0 radical (unpaired) electrons. The van der Waals surface area contributed by atoms with Crippen molar-refractivity contribution in [2.45, 2.75) is 32.2 Å². The lowest BCUT2D eigenvalue weighted by atomic mass is 9.95. The van der Waals surface area contributed by atoms with Crippen molar-refractivity contribution >= 4 is 11.8 Å². The maximum atomic E-state index is 12.2. The minimum absolute atomic E-state index is 0.0934. The van der Waals surface area contributed by atoms with Gasteiger partial charge in [-0.25, -0.2) is 0 Å². The fourth-order valence-electron chi connectivity index (χ4n) is 2.69. The number of rotatable bonds is 1. The summed E-state index contributed by atoms with van der Waals surface area (Å²) in [5.41, 5.74) is 5.81. The molecule has 0 aromatic heterocycles. The lowest BCUT2D eigenvalue weighted by Gasteiger charge is -2.32. The first-order valence-electron chi connectivity index (χ1n) is 6.38. The number of hydrogen-bond acceptors (Lipinski definition) is 3. The van der Waals surface area contributed by atoms with E-state index in [1.54, 1.807) is 6.92 Å². The van der Waals surface area contributed by atoms with Gasteiger partial charge >= 0.3 is 0 Å². The van der Waals surface area contributed by atoms with Gasteiger partial charge in [0.05, 0.1) is 0 Å². The van der Waals surface area contributed by atoms with Crippen molar-refractivity contribution in [2.75, 3.05) is 26.2 Å². The van der Waals surface area contributed by atoms with Gasteiger partial charge in [0.2, 0.25) is 11.8 Å². The molecule has 5 nitrogen and oxygen atoms in total. The molecule has 96 valence electrons. The zero-order valence-electron chi connectivity index (χ0n) is 10.4. The van der Waals surface area contributed by atoms with Gasteiger partial charge in [0.25, 0.3) is 0 Å². The number of nitrogens with zero attached hydrogens (tertiary/aromatic N) is 2. The molecule has 0 aliphatic carbocycles. The zero-order valence-corrected chi connectivity index (χ0v) is 10.4. The maximum Gasteiger partial charge on any atom is 0.225 e. The van der Waals surface area contributed by atoms with Crippen LogP contribution in [0.5, 0.6) is 0 Å². The Morgan fingerprint density at radius 1 is 1.06 bits per heavy atom. The predicted molar refractivity (Wildman–Crippen MR) is 64.2 cm³/mol. The number of likely N-dealkylation sites (tertiary alicyclic amines) is 2. The number of amides is 2. The third-order valence-corrected chi connectivity index (χ3v) is 3.83. The highest BCUT2D eigenvalue weighted by Gasteiger charge is 2.32. The van der Waals surface area contributed by atoms with Crippen LogP contribution in [0.4, 0.5) is 0 Å². The smallest absolute Gasteiger partial charge is 0.225 e. The highest BCUT2D eigenvalue weighted by molar-refractivity contribution is 5.80. The van der Waals surface area contributed by atoms with E-state index < -0.39 is 0 Å². The minimum Gasteiger partial charge on any atom is -0.343 e. The molecule has 2 rings (SSSR count). The van der Waals surface area contributed by atoms with Gasteiger partial charge in [-0.2, -0.15) is 0 Å². The predicted octanol–water partition coefficient (Wildman–Crippen LogP) is -0.195. The number of piperidine rings is 1. The molecule has 17 heavy (non-hydrogen) atoms. The van der Waals surface area contributed by atoms with E-state index in [4.69, 9.17) is 5.73 Å². The second kappa shape index (κ2) is 5.04. The van der Waals surface area contributed by atoms with Crippen molar-refractivity contribution in [3.63, 3.8) is 0 Å². The van der Waals surface area contributed by atoms with E-state index in [-0.39, 0.29) is 23.8 Å². The SMILES string of the molecule is CC(=O)N1CCC(C(=O)N2CCC(N)C2)CC1. The van der Waals surface area contributed by atoms with Gasteiger partial charge < -0.3 is 15.5 Å². The lowest BCUT2D eigenvalue weighted by molar-refractivity contribution is -0.139. The number of carbonyl (C=O) groups excluding carboxylic acids is 2. The van der Waals surface area contributed by atoms with E-state index >= 15 is 0 Å². The molecule has 2 N–H and O–H groups in total. The number of carbonyl (C=O) groups is 2. The first kappa shape index (κ1) is 12.4. The molecule has 2 fully saturated rings. The second-order valence-electron chi connectivity index (χ2n) is 5.11. The molecule has 2 aliphatic rings. The molecule has 1 atom stereocenters.